The van der Waals surface area contributed by atoms with Crippen molar-refractivity contribution in [2.75, 3.05) is 20.3 Å². The van der Waals surface area contributed by atoms with Crippen molar-refractivity contribution in [2.24, 2.45) is 5.73 Å². The minimum Gasteiger partial charge on any atom is -0.497 e. The van der Waals surface area contributed by atoms with Crippen LogP contribution in [-0.2, 0) is 11.3 Å². The van der Waals surface area contributed by atoms with Crippen molar-refractivity contribution < 1.29 is 13.9 Å². The van der Waals surface area contributed by atoms with Crippen LogP contribution >= 0.6 is 0 Å². The van der Waals surface area contributed by atoms with Crippen LogP contribution in [-0.4, -0.2) is 25.2 Å². The first-order valence-corrected chi connectivity index (χ1v) is 5.05. The van der Waals surface area contributed by atoms with Gasteiger partial charge in [0.2, 0.25) is 5.89 Å². The van der Waals surface area contributed by atoms with Gasteiger partial charge in [0.1, 0.15) is 17.9 Å². The second kappa shape index (κ2) is 4.96. The van der Waals surface area contributed by atoms with Gasteiger partial charge in [-0.2, -0.15) is 0 Å². The third-order valence-electron chi connectivity index (χ3n) is 2.13. The van der Waals surface area contributed by atoms with E-state index in [0.29, 0.717) is 25.6 Å². The molecule has 0 atom stereocenters. The maximum Gasteiger partial charge on any atom is 0.221 e. The number of oxazole rings is 1. The number of aromatic nitrogens is 1. The van der Waals surface area contributed by atoms with Crippen molar-refractivity contribution in [1.29, 1.82) is 0 Å². The van der Waals surface area contributed by atoms with Gasteiger partial charge < -0.3 is 19.6 Å². The number of fused-ring (bicyclic) bond motifs is 1. The van der Waals surface area contributed by atoms with Crippen LogP contribution < -0.4 is 10.5 Å². The lowest BCUT2D eigenvalue weighted by atomic mass is 10.3. The summed E-state index contributed by atoms with van der Waals surface area (Å²) < 4.78 is 15.8. The van der Waals surface area contributed by atoms with E-state index < -0.39 is 0 Å². The highest BCUT2D eigenvalue weighted by atomic mass is 16.5. The summed E-state index contributed by atoms with van der Waals surface area (Å²) in [5.74, 6) is 1.31. The van der Waals surface area contributed by atoms with E-state index >= 15 is 0 Å². The Morgan fingerprint density at radius 3 is 3.06 bits per heavy atom. The van der Waals surface area contributed by atoms with E-state index in [2.05, 4.69) is 4.98 Å². The van der Waals surface area contributed by atoms with Crippen molar-refractivity contribution in [1.82, 2.24) is 4.98 Å². The monoisotopic (exact) mass is 222 g/mol. The molecule has 0 aliphatic rings. The Bertz CT molecular complexity index is 467. The average Bonchev–Trinajstić information content (AvgIpc) is 2.70. The van der Waals surface area contributed by atoms with Crippen LogP contribution in [0, 0.1) is 0 Å². The fourth-order valence-corrected chi connectivity index (χ4v) is 1.39. The number of nitrogens with two attached hydrogens (primary N) is 1. The van der Waals surface area contributed by atoms with Crippen molar-refractivity contribution in [3.63, 3.8) is 0 Å². The highest BCUT2D eigenvalue weighted by molar-refractivity contribution is 5.74. The molecule has 0 aliphatic heterocycles. The molecule has 0 spiro atoms. The predicted molar refractivity (Wildman–Crippen MR) is 59.3 cm³/mol. The number of rotatable bonds is 5. The second-order valence-electron chi connectivity index (χ2n) is 3.28. The van der Waals surface area contributed by atoms with Gasteiger partial charge in [-0.05, 0) is 12.1 Å². The van der Waals surface area contributed by atoms with Gasteiger partial charge >= 0.3 is 0 Å². The Kier molecular flexibility index (Phi) is 3.38. The third-order valence-corrected chi connectivity index (χ3v) is 2.13. The smallest absolute Gasteiger partial charge is 0.221 e. The molecular weight excluding hydrogens is 208 g/mol. The summed E-state index contributed by atoms with van der Waals surface area (Å²) in [6, 6.07) is 5.48. The van der Waals surface area contributed by atoms with Crippen LogP contribution in [0.5, 0.6) is 5.75 Å². The van der Waals surface area contributed by atoms with Gasteiger partial charge in [-0.1, -0.05) is 0 Å². The number of nitrogens with zero attached hydrogens (tertiary/aromatic N) is 1. The summed E-state index contributed by atoms with van der Waals surface area (Å²) in [6.07, 6.45) is 0. The molecule has 2 aromatic rings. The highest BCUT2D eigenvalue weighted by Gasteiger charge is 2.06. The fourth-order valence-electron chi connectivity index (χ4n) is 1.39. The molecule has 0 amide bonds. The number of ether oxygens (including phenoxy) is 2. The van der Waals surface area contributed by atoms with Crippen molar-refractivity contribution >= 4 is 11.1 Å². The molecule has 5 heteroatoms. The van der Waals surface area contributed by atoms with E-state index in [1.807, 2.05) is 18.2 Å². The summed E-state index contributed by atoms with van der Waals surface area (Å²) in [5, 5.41) is 0. The molecule has 2 N–H and O–H groups in total. The van der Waals surface area contributed by atoms with E-state index in [9.17, 15) is 0 Å². The van der Waals surface area contributed by atoms with E-state index in [1.54, 1.807) is 7.11 Å². The van der Waals surface area contributed by atoms with Crippen LogP contribution in [0.25, 0.3) is 11.1 Å². The molecule has 1 aromatic heterocycles. The summed E-state index contributed by atoms with van der Waals surface area (Å²) in [7, 11) is 1.62. The average molecular weight is 222 g/mol. The molecule has 16 heavy (non-hydrogen) atoms. The Balaban J connectivity index is 2.16. The Hall–Kier alpha value is -1.59. The lowest BCUT2D eigenvalue weighted by Gasteiger charge is -1.96. The van der Waals surface area contributed by atoms with Crippen molar-refractivity contribution in [2.45, 2.75) is 6.61 Å². The number of hydrogen-bond acceptors (Lipinski definition) is 5. The van der Waals surface area contributed by atoms with Gasteiger partial charge in [0, 0.05) is 12.6 Å². The minimum atomic E-state index is 0.341. The standard InChI is InChI=1S/C11H14N2O3/c1-14-8-2-3-10-9(6-8)13-11(16-10)7-15-5-4-12/h2-3,6H,4-5,7,12H2,1H3. The highest BCUT2D eigenvalue weighted by Crippen LogP contribution is 2.21. The van der Waals surface area contributed by atoms with Crippen molar-refractivity contribution in [3.8, 4) is 5.75 Å². The molecule has 0 radical (unpaired) electrons. The molecule has 0 aliphatic carbocycles. The topological polar surface area (TPSA) is 70.5 Å². The van der Waals surface area contributed by atoms with Crippen LogP contribution in [0.3, 0.4) is 0 Å². The zero-order valence-corrected chi connectivity index (χ0v) is 9.10. The SMILES string of the molecule is COc1ccc2oc(COCCN)nc2c1. The first-order valence-electron chi connectivity index (χ1n) is 5.05. The van der Waals surface area contributed by atoms with E-state index in [4.69, 9.17) is 19.6 Å². The lowest BCUT2D eigenvalue weighted by Crippen LogP contribution is -2.08. The Labute approximate surface area is 93.2 Å². The normalized spacial score (nSPS) is 10.9. The predicted octanol–water partition coefficient (Wildman–Crippen LogP) is 1.31. The molecule has 86 valence electrons. The van der Waals surface area contributed by atoms with Gasteiger partial charge in [-0.15, -0.1) is 0 Å². The van der Waals surface area contributed by atoms with Gasteiger partial charge in [0.25, 0.3) is 0 Å². The third kappa shape index (κ3) is 2.32. The largest absolute Gasteiger partial charge is 0.497 e. The maximum atomic E-state index is 5.48. The molecule has 0 bridgehead atoms. The summed E-state index contributed by atoms with van der Waals surface area (Å²) in [5.41, 5.74) is 6.81. The summed E-state index contributed by atoms with van der Waals surface area (Å²) in [4.78, 5) is 4.28. The van der Waals surface area contributed by atoms with E-state index in [-0.39, 0.29) is 0 Å². The van der Waals surface area contributed by atoms with E-state index in [0.717, 1.165) is 16.8 Å². The van der Waals surface area contributed by atoms with Crippen LogP contribution in [0.15, 0.2) is 22.6 Å². The quantitative estimate of drug-likeness (QED) is 0.772. The Morgan fingerprint density at radius 1 is 1.44 bits per heavy atom. The molecule has 1 aromatic carbocycles. The van der Waals surface area contributed by atoms with Crippen LogP contribution in [0.1, 0.15) is 5.89 Å². The number of hydrogen-bond donors (Lipinski definition) is 1. The van der Waals surface area contributed by atoms with Gasteiger partial charge in [-0.25, -0.2) is 4.98 Å². The second-order valence-corrected chi connectivity index (χ2v) is 3.28. The summed E-state index contributed by atoms with van der Waals surface area (Å²) >= 11 is 0. The number of methoxy groups -OCH3 is 1. The first-order chi connectivity index (χ1) is 7.83. The molecular formula is C11H14N2O3. The lowest BCUT2D eigenvalue weighted by molar-refractivity contribution is 0.110. The molecule has 0 saturated heterocycles. The van der Waals surface area contributed by atoms with E-state index in [1.165, 1.54) is 0 Å². The van der Waals surface area contributed by atoms with Crippen LogP contribution in [0.2, 0.25) is 0 Å². The molecule has 5 nitrogen and oxygen atoms in total. The molecule has 1 heterocycles. The van der Waals surface area contributed by atoms with Gasteiger partial charge in [0.05, 0.1) is 13.7 Å². The molecule has 2 rings (SSSR count). The fraction of sp³-hybridized carbons (Fsp3) is 0.364. The van der Waals surface area contributed by atoms with Crippen molar-refractivity contribution in [3.05, 3.63) is 24.1 Å². The van der Waals surface area contributed by atoms with Gasteiger partial charge in [-0.3, -0.25) is 0 Å². The first kappa shape index (κ1) is 10.9. The Morgan fingerprint density at radius 2 is 2.31 bits per heavy atom. The van der Waals surface area contributed by atoms with Crippen LogP contribution in [0.4, 0.5) is 0 Å². The maximum absolute atomic E-state index is 5.48. The molecule has 0 fully saturated rings. The van der Waals surface area contributed by atoms with Gasteiger partial charge in [0.15, 0.2) is 5.58 Å². The molecule has 0 unspecified atom stereocenters. The summed E-state index contributed by atoms with van der Waals surface area (Å²) in [6.45, 7) is 1.34. The molecule has 0 saturated carbocycles. The zero-order valence-electron chi connectivity index (χ0n) is 9.10. The minimum absolute atomic E-state index is 0.341. The zero-order chi connectivity index (χ0) is 11.4. The number of benzene rings is 1.